The minimum Gasteiger partial charge on any atom is -0.356 e. The molecule has 0 radical (unpaired) electrons. The molecule has 0 saturated carbocycles. The summed E-state index contributed by atoms with van der Waals surface area (Å²) in [4.78, 5) is 11.5. The van der Waals surface area contributed by atoms with Crippen molar-refractivity contribution in [2.75, 3.05) is 18.0 Å². The Labute approximate surface area is 148 Å². The second kappa shape index (κ2) is 6.50. The lowest BCUT2D eigenvalue weighted by Crippen LogP contribution is -2.38. The van der Waals surface area contributed by atoms with Gasteiger partial charge in [0.1, 0.15) is 5.82 Å². The second-order valence-electron chi connectivity index (χ2n) is 7.12. The van der Waals surface area contributed by atoms with Crippen molar-refractivity contribution in [3.8, 4) is 0 Å². The molecule has 0 bridgehead atoms. The molecule has 3 aromatic heterocycles. The second-order valence-corrected chi connectivity index (χ2v) is 7.12. The van der Waals surface area contributed by atoms with Crippen molar-refractivity contribution < 1.29 is 0 Å². The third-order valence-electron chi connectivity index (χ3n) is 5.32. The van der Waals surface area contributed by atoms with Gasteiger partial charge < -0.3 is 9.47 Å². The van der Waals surface area contributed by atoms with Gasteiger partial charge in [0.2, 0.25) is 0 Å². The smallest absolute Gasteiger partial charge is 0.160 e. The molecule has 0 aromatic carbocycles. The number of aromatic nitrogens is 5. The molecule has 1 aliphatic heterocycles. The standard InChI is InChI=1S/C19H26N6/c1-4-17-10-18(25-19(21-17)14(2)15(3)22-25)24-8-5-6-16(12-24)11-23-9-7-20-13-23/h7,9-10,13,16H,4-6,8,11-12H2,1-3H3/t16-/m0/s1. The molecule has 6 nitrogen and oxygen atoms in total. The molecular weight excluding hydrogens is 312 g/mol. The average Bonchev–Trinajstić information content (AvgIpc) is 3.23. The summed E-state index contributed by atoms with van der Waals surface area (Å²) >= 11 is 0. The minimum atomic E-state index is 0.633. The number of fused-ring (bicyclic) bond motifs is 1. The van der Waals surface area contributed by atoms with Gasteiger partial charge in [-0.05, 0) is 39.0 Å². The first-order valence-corrected chi connectivity index (χ1v) is 9.22. The van der Waals surface area contributed by atoms with E-state index in [1.54, 1.807) is 0 Å². The number of anilines is 1. The molecule has 0 amide bonds. The Balaban J connectivity index is 1.67. The highest BCUT2D eigenvalue weighted by atomic mass is 15.4. The number of hydrogen-bond acceptors (Lipinski definition) is 4. The number of rotatable bonds is 4. The molecule has 0 unspecified atom stereocenters. The van der Waals surface area contributed by atoms with Crippen molar-refractivity contribution in [1.82, 2.24) is 24.1 Å². The quantitative estimate of drug-likeness (QED) is 0.734. The van der Waals surface area contributed by atoms with Crippen molar-refractivity contribution >= 4 is 11.5 Å². The van der Waals surface area contributed by atoms with Gasteiger partial charge >= 0.3 is 0 Å². The zero-order chi connectivity index (χ0) is 17.4. The van der Waals surface area contributed by atoms with Crippen molar-refractivity contribution in [2.45, 2.75) is 46.6 Å². The third kappa shape index (κ3) is 3.01. The van der Waals surface area contributed by atoms with Crippen LogP contribution in [-0.2, 0) is 13.0 Å². The lowest BCUT2D eigenvalue weighted by atomic mass is 9.98. The maximum absolute atomic E-state index is 4.81. The molecule has 0 N–H and O–H groups in total. The zero-order valence-electron chi connectivity index (χ0n) is 15.3. The first-order valence-electron chi connectivity index (χ1n) is 9.22. The first kappa shape index (κ1) is 16.1. The number of imidazole rings is 1. The lowest BCUT2D eigenvalue weighted by Gasteiger charge is -2.34. The number of hydrogen-bond donors (Lipinski definition) is 0. The van der Waals surface area contributed by atoms with Crippen molar-refractivity contribution in [3.05, 3.63) is 41.7 Å². The molecule has 0 spiro atoms. The largest absolute Gasteiger partial charge is 0.356 e. The highest BCUT2D eigenvalue weighted by molar-refractivity contribution is 5.57. The lowest BCUT2D eigenvalue weighted by molar-refractivity contribution is 0.364. The van der Waals surface area contributed by atoms with Crippen LogP contribution < -0.4 is 4.90 Å². The molecule has 4 rings (SSSR count). The highest BCUT2D eigenvalue weighted by Gasteiger charge is 2.24. The van der Waals surface area contributed by atoms with Crippen LogP contribution in [0.25, 0.3) is 5.65 Å². The minimum absolute atomic E-state index is 0.633. The van der Waals surface area contributed by atoms with Crippen LogP contribution in [0.5, 0.6) is 0 Å². The van der Waals surface area contributed by atoms with Gasteiger partial charge in [0, 0.05) is 49.4 Å². The summed E-state index contributed by atoms with van der Waals surface area (Å²) in [5, 5.41) is 4.76. The SMILES string of the molecule is CCc1cc(N2CCC[C@@H](Cn3ccnc3)C2)n2nc(C)c(C)c2n1. The van der Waals surface area contributed by atoms with Gasteiger partial charge in [-0.15, -0.1) is 0 Å². The van der Waals surface area contributed by atoms with Crippen LogP contribution in [0.2, 0.25) is 0 Å². The van der Waals surface area contributed by atoms with Gasteiger partial charge in [-0.2, -0.15) is 9.61 Å². The molecule has 1 aliphatic rings. The summed E-state index contributed by atoms with van der Waals surface area (Å²) in [5.41, 5.74) is 4.39. The van der Waals surface area contributed by atoms with Crippen LogP contribution in [0.1, 0.15) is 36.7 Å². The van der Waals surface area contributed by atoms with E-state index < -0.39 is 0 Å². The Kier molecular flexibility index (Phi) is 4.19. The number of nitrogens with zero attached hydrogens (tertiary/aromatic N) is 6. The Bertz CT molecular complexity index is 864. The summed E-state index contributed by atoms with van der Waals surface area (Å²) in [6.45, 7) is 9.52. The van der Waals surface area contributed by atoms with Crippen molar-refractivity contribution in [1.29, 1.82) is 0 Å². The molecule has 132 valence electrons. The molecule has 3 aromatic rings. The van der Waals surface area contributed by atoms with E-state index in [9.17, 15) is 0 Å². The van der Waals surface area contributed by atoms with Gasteiger partial charge in [0.05, 0.1) is 12.0 Å². The first-order chi connectivity index (χ1) is 12.2. The summed E-state index contributed by atoms with van der Waals surface area (Å²) < 4.78 is 4.24. The molecule has 1 saturated heterocycles. The van der Waals surface area contributed by atoms with Crippen LogP contribution in [0, 0.1) is 19.8 Å². The van der Waals surface area contributed by atoms with E-state index in [0.29, 0.717) is 5.92 Å². The van der Waals surface area contributed by atoms with Crippen LogP contribution in [-0.4, -0.2) is 37.2 Å². The molecule has 0 aliphatic carbocycles. The summed E-state index contributed by atoms with van der Waals surface area (Å²) in [7, 11) is 0. The molecule has 6 heteroatoms. The van der Waals surface area contributed by atoms with Crippen LogP contribution in [0.4, 0.5) is 5.82 Å². The topological polar surface area (TPSA) is 51.2 Å². The van der Waals surface area contributed by atoms with E-state index >= 15 is 0 Å². The molecule has 25 heavy (non-hydrogen) atoms. The zero-order valence-corrected chi connectivity index (χ0v) is 15.3. The molecule has 4 heterocycles. The van der Waals surface area contributed by atoms with E-state index in [4.69, 9.17) is 10.1 Å². The molecular formula is C19H26N6. The summed E-state index contributed by atoms with van der Waals surface area (Å²) in [5.74, 6) is 1.82. The van der Waals surface area contributed by atoms with Gasteiger partial charge in [-0.25, -0.2) is 9.97 Å². The van der Waals surface area contributed by atoms with Gasteiger partial charge in [0.15, 0.2) is 5.65 Å². The number of piperidine rings is 1. The van der Waals surface area contributed by atoms with Gasteiger partial charge in [0.25, 0.3) is 0 Å². The maximum Gasteiger partial charge on any atom is 0.160 e. The average molecular weight is 338 g/mol. The Hall–Kier alpha value is -2.37. The van der Waals surface area contributed by atoms with Crippen LogP contribution in [0.15, 0.2) is 24.8 Å². The molecule has 1 fully saturated rings. The van der Waals surface area contributed by atoms with Crippen molar-refractivity contribution in [2.24, 2.45) is 5.92 Å². The highest BCUT2D eigenvalue weighted by Crippen LogP contribution is 2.27. The van der Waals surface area contributed by atoms with Gasteiger partial charge in [-0.3, -0.25) is 0 Å². The Morgan fingerprint density at radius 3 is 2.92 bits per heavy atom. The Morgan fingerprint density at radius 1 is 1.28 bits per heavy atom. The normalized spacial score (nSPS) is 18.2. The van der Waals surface area contributed by atoms with E-state index in [2.05, 4.69) is 47.5 Å². The maximum atomic E-state index is 4.81. The summed E-state index contributed by atoms with van der Waals surface area (Å²) in [6, 6.07) is 2.22. The van der Waals surface area contributed by atoms with Crippen LogP contribution in [0.3, 0.4) is 0 Å². The molecule has 1 atom stereocenters. The van der Waals surface area contributed by atoms with E-state index in [0.717, 1.165) is 43.1 Å². The third-order valence-corrected chi connectivity index (χ3v) is 5.32. The van der Waals surface area contributed by atoms with Crippen molar-refractivity contribution in [3.63, 3.8) is 0 Å². The van der Waals surface area contributed by atoms with Crippen LogP contribution >= 0.6 is 0 Å². The predicted octanol–water partition coefficient (Wildman–Crippen LogP) is 3.02. The fourth-order valence-corrected chi connectivity index (χ4v) is 3.78. The van der Waals surface area contributed by atoms with Gasteiger partial charge in [-0.1, -0.05) is 6.92 Å². The fraction of sp³-hybridized carbons (Fsp3) is 0.526. The summed E-state index contributed by atoms with van der Waals surface area (Å²) in [6.07, 6.45) is 9.25. The van der Waals surface area contributed by atoms with E-state index in [-0.39, 0.29) is 0 Å². The monoisotopic (exact) mass is 338 g/mol. The Morgan fingerprint density at radius 2 is 2.16 bits per heavy atom. The number of aryl methyl sites for hydroxylation is 3. The predicted molar refractivity (Wildman–Crippen MR) is 99.0 cm³/mol. The van der Waals surface area contributed by atoms with E-state index in [1.165, 1.54) is 24.2 Å². The fourth-order valence-electron chi connectivity index (χ4n) is 3.78. The van der Waals surface area contributed by atoms with E-state index in [1.807, 2.05) is 17.0 Å².